The van der Waals surface area contributed by atoms with Crippen LogP contribution in [0.1, 0.15) is 27.4 Å². The molecule has 1 amide bonds. The molecule has 1 atom stereocenters. The molecule has 4 N–H and O–H groups in total. The summed E-state index contributed by atoms with van der Waals surface area (Å²) >= 11 is 2.59. The fourth-order valence-electron chi connectivity index (χ4n) is 2.31. The lowest BCUT2D eigenvalue weighted by molar-refractivity contribution is 0.0951. The minimum absolute atomic E-state index is 0. The van der Waals surface area contributed by atoms with E-state index in [9.17, 15) is 13.2 Å². The lowest BCUT2D eigenvalue weighted by Crippen LogP contribution is -2.38. The lowest BCUT2D eigenvalue weighted by atomic mass is 10.2. The summed E-state index contributed by atoms with van der Waals surface area (Å²) in [5, 5.41) is 6.24. The third-order valence-corrected chi connectivity index (χ3v) is 7.23. The summed E-state index contributed by atoms with van der Waals surface area (Å²) in [7, 11) is -3.74. The van der Waals surface area contributed by atoms with Crippen LogP contribution in [-0.4, -0.2) is 26.9 Å². The van der Waals surface area contributed by atoms with E-state index < -0.39 is 15.9 Å². The molecule has 3 rings (SSSR count). The number of nitrogens with two attached hydrogens (primary N) is 1. The number of carbonyl (C=O) groups excluding carboxylic acids is 1. The molecule has 2 heterocycles. The number of hydrogen-bond acceptors (Lipinski definition) is 6. The monoisotopic (exact) mass is 421 g/mol. The Hall–Kier alpha value is -0.970. The molecule has 10 heteroatoms. The van der Waals surface area contributed by atoms with Crippen molar-refractivity contribution in [2.45, 2.75) is 30.3 Å². The molecule has 1 fully saturated rings. The van der Waals surface area contributed by atoms with E-state index in [2.05, 4.69) is 10.0 Å². The molecular formula is C15H20ClN3O3S3. The van der Waals surface area contributed by atoms with Gasteiger partial charge in [-0.2, -0.15) is 0 Å². The zero-order chi connectivity index (χ0) is 17.2. The van der Waals surface area contributed by atoms with Crippen LogP contribution in [0.5, 0.6) is 0 Å². The molecule has 2 aromatic heterocycles. The van der Waals surface area contributed by atoms with Crippen molar-refractivity contribution in [1.29, 1.82) is 0 Å². The second-order valence-corrected chi connectivity index (χ2v) is 9.41. The summed E-state index contributed by atoms with van der Waals surface area (Å²) < 4.78 is 27.5. The molecule has 0 aromatic carbocycles. The topological polar surface area (TPSA) is 101 Å². The highest BCUT2D eigenvalue weighted by atomic mass is 35.5. The number of thiophene rings is 2. The van der Waals surface area contributed by atoms with Crippen LogP contribution < -0.4 is 15.8 Å². The zero-order valence-corrected chi connectivity index (χ0v) is 16.6. The molecule has 1 unspecified atom stereocenters. The number of nitrogens with one attached hydrogen (secondary N) is 2. The molecular weight excluding hydrogens is 402 g/mol. The third-order valence-electron chi connectivity index (χ3n) is 3.87. The second-order valence-electron chi connectivity index (χ2n) is 5.73. The molecule has 25 heavy (non-hydrogen) atoms. The Balaban J connectivity index is 0.00000225. The summed E-state index contributed by atoms with van der Waals surface area (Å²) in [6, 6.07) is 5.11. The van der Waals surface area contributed by atoms with E-state index in [-0.39, 0.29) is 34.8 Å². The van der Waals surface area contributed by atoms with Gasteiger partial charge in [0.25, 0.3) is 5.91 Å². The molecule has 2 aromatic rings. The normalized spacial score (nSPS) is 15.4. The van der Waals surface area contributed by atoms with Gasteiger partial charge in [-0.15, -0.1) is 35.1 Å². The molecule has 0 bridgehead atoms. The van der Waals surface area contributed by atoms with Crippen molar-refractivity contribution in [3.05, 3.63) is 38.7 Å². The van der Waals surface area contributed by atoms with E-state index in [4.69, 9.17) is 5.73 Å². The van der Waals surface area contributed by atoms with Crippen LogP contribution in [0.15, 0.2) is 33.9 Å². The van der Waals surface area contributed by atoms with E-state index in [0.717, 1.165) is 29.1 Å². The maximum absolute atomic E-state index is 12.5. The first-order valence-electron chi connectivity index (χ1n) is 7.60. The van der Waals surface area contributed by atoms with E-state index in [1.165, 1.54) is 17.4 Å². The van der Waals surface area contributed by atoms with Crippen molar-refractivity contribution in [2.75, 3.05) is 6.54 Å². The van der Waals surface area contributed by atoms with Crippen molar-refractivity contribution < 1.29 is 13.2 Å². The molecule has 1 aliphatic carbocycles. The molecule has 138 valence electrons. The van der Waals surface area contributed by atoms with Gasteiger partial charge in [-0.1, -0.05) is 6.07 Å². The predicted molar refractivity (Wildman–Crippen MR) is 103 cm³/mol. The van der Waals surface area contributed by atoms with Crippen molar-refractivity contribution in [2.24, 2.45) is 11.7 Å². The van der Waals surface area contributed by atoms with Crippen molar-refractivity contribution in [3.8, 4) is 0 Å². The largest absolute Gasteiger partial charge is 0.350 e. The van der Waals surface area contributed by atoms with Gasteiger partial charge in [0.2, 0.25) is 10.0 Å². The zero-order valence-electron chi connectivity index (χ0n) is 13.3. The molecule has 0 radical (unpaired) electrons. The fourth-order valence-corrected chi connectivity index (χ4v) is 5.40. The average molecular weight is 422 g/mol. The Morgan fingerprint density at radius 2 is 2.04 bits per heavy atom. The first-order valence-corrected chi connectivity index (χ1v) is 10.8. The quantitative estimate of drug-likeness (QED) is 0.607. The van der Waals surface area contributed by atoms with Crippen LogP contribution in [-0.2, 0) is 16.6 Å². The first-order chi connectivity index (χ1) is 11.5. The number of sulfonamides is 1. The molecule has 1 saturated carbocycles. The maximum Gasteiger partial charge on any atom is 0.262 e. The smallest absolute Gasteiger partial charge is 0.262 e. The standard InChI is InChI=1S/C15H19N3O3S3.ClH/c16-12(10-3-4-10)9-17-15(19)14-13(5-7-23-14)24(20,21)18-8-11-2-1-6-22-11;/h1-2,5-7,10,12,18H,3-4,8-9,16H2,(H,17,19);1H. The van der Waals surface area contributed by atoms with Gasteiger partial charge in [-0.25, -0.2) is 13.1 Å². The summed E-state index contributed by atoms with van der Waals surface area (Å²) in [6.07, 6.45) is 2.20. The molecule has 1 aliphatic rings. The predicted octanol–water partition coefficient (Wildman–Crippen LogP) is 2.18. The molecule has 0 saturated heterocycles. The lowest BCUT2D eigenvalue weighted by Gasteiger charge is -2.12. The number of hydrogen-bond donors (Lipinski definition) is 3. The van der Waals surface area contributed by atoms with Crippen LogP contribution in [0.4, 0.5) is 0 Å². The van der Waals surface area contributed by atoms with E-state index in [0.29, 0.717) is 12.5 Å². The summed E-state index contributed by atoms with van der Waals surface area (Å²) in [4.78, 5) is 13.4. The number of carbonyl (C=O) groups is 1. The van der Waals surface area contributed by atoms with Gasteiger partial charge in [0, 0.05) is 24.0 Å². The van der Waals surface area contributed by atoms with E-state index >= 15 is 0 Å². The molecule has 6 nitrogen and oxygen atoms in total. The van der Waals surface area contributed by atoms with Crippen LogP contribution in [0, 0.1) is 5.92 Å². The van der Waals surface area contributed by atoms with Crippen LogP contribution in [0.3, 0.4) is 0 Å². The Morgan fingerprint density at radius 3 is 2.68 bits per heavy atom. The van der Waals surface area contributed by atoms with Gasteiger partial charge in [0.05, 0.1) is 0 Å². The van der Waals surface area contributed by atoms with Crippen LogP contribution in [0.25, 0.3) is 0 Å². The highest BCUT2D eigenvalue weighted by Gasteiger charge is 2.29. The van der Waals surface area contributed by atoms with Gasteiger partial charge >= 0.3 is 0 Å². The van der Waals surface area contributed by atoms with Gasteiger partial charge in [0.15, 0.2) is 0 Å². The van der Waals surface area contributed by atoms with Crippen molar-refractivity contribution in [3.63, 3.8) is 0 Å². The van der Waals surface area contributed by atoms with Crippen LogP contribution >= 0.6 is 35.1 Å². The van der Waals surface area contributed by atoms with Gasteiger partial charge in [-0.3, -0.25) is 4.79 Å². The number of halogens is 1. The van der Waals surface area contributed by atoms with Crippen molar-refractivity contribution >= 4 is 51.0 Å². The van der Waals surface area contributed by atoms with E-state index in [1.807, 2.05) is 17.5 Å². The maximum atomic E-state index is 12.5. The summed E-state index contributed by atoms with van der Waals surface area (Å²) in [5.41, 5.74) is 5.97. The Bertz CT molecular complexity index is 801. The Labute approximate surface area is 161 Å². The molecule has 0 aliphatic heterocycles. The highest BCUT2D eigenvalue weighted by Crippen LogP contribution is 2.31. The first kappa shape index (κ1) is 20.3. The second kappa shape index (κ2) is 8.61. The number of rotatable bonds is 8. The van der Waals surface area contributed by atoms with Crippen LogP contribution in [0.2, 0.25) is 0 Å². The minimum Gasteiger partial charge on any atom is -0.350 e. The van der Waals surface area contributed by atoms with Gasteiger partial charge in [-0.05, 0) is 41.7 Å². The SMILES string of the molecule is Cl.NC(CNC(=O)c1sccc1S(=O)(=O)NCc1cccs1)C1CC1. The molecule has 0 spiro atoms. The average Bonchev–Trinajstić information content (AvgIpc) is 3.07. The van der Waals surface area contributed by atoms with Gasteiger partial charge < -0.3 is 11.1 Å². The Kier molecular flexibility index (Phi) is 7.01. The summed E-state index contributed by atoms with van der Waals surface area (Å²) in [5.74, 6) is 0.0851. The summed E-state index contributed by atoms with van der Waals surface area (Å²) in [6.45, 7) is 0.576. The fraction of sp³-hybridized carbons (Fsp3) is 0.400. The van der Waals surface area contributed by atoms with Crippen molar-refractivity contribution in [1.82, 2.24) is 10.0 Å². The Morgan fingerprint density at radius 1 is 1.28 bits per heavy atom. The van der Waals surface area contributed by atoms with E-state index in [1.54, 1.807) is 5.38 Å². The third kappa shape index (κ3) is 5.25. The number of amides is 1. The minimum atomic E-state index is -3.74. The highest BCUT2D eigenvalue weighted by molar-refractivity contribution is 7.89. The van der Waals surface area contributed by atoms with Gasteiger partial charge in [0.1, 0.15) is 9.77 Å².